The van der Waals surface area contributed by atoms with Gasteiger partial charge >= 0.3 is 0 Å². The van der Waals surface area contributed by atoms with Crippen LogP contribution in [0.5, 0.6) is 0 Å². The van der Waals surface area contributed by atoms with E-state index in [1.54, 1.807) is 19.1 Å². The lowest BCUT2D eigenvalue weighted by Gasteiger charge is -2.21. The highest BCUT2D eigenvalue weighted by Crippen LogP contribution is 2.13. The number of aliphatic hydroxyl groups is 1. The number of nitrogens with one attached hydrogen (secondary N) is 1. The molecule has 0 radical (unpaired) electrons. The number of aromatic nitrogens is 2. The Labute approximate surface area is 145 Å². The summed E-state index contributed by atoms with van der Waals surface area (Å²) in [5, 5.41) is 15.9. The first-order valence-electron chi connectivity index (χ1n) is 8.12. The van der Waals surface area contributed by atoms with E-state index in [0.717, 1.165) is 0 Å². The molecule has 1 aromatic carbocycles. The van der Waals surface area contributed by atoms with Gasteiger partial charge in [0.05, 0.1) is 0 Å². The van der Waals surface area contributed by atoms with Crippen molar-refractivity contribution in [3.63, 3.8) is 0 Å². The second kappa shape index (κ2) is 8.02. The van der Waals surface area contributed by atoms with Crippen molar-refractivity contribution in [2.45, 2.75) is 33.2 Å². The van der Waals surface area contributed by atoms with Crippen LogP contribution in [0.1, 0.15) is 36.5 Å². The van der Waals surface area contributed by atoms with E-state index in [4.69, 9.17) is 5.11 Å². The summed E-state index contributed by atoms with van der Waals surface area (Å²) < 4.78 is 15.3. The maximum Gasteiger partial charge on any atom is 0.276 e. The number of hydrogen-bond donors (Lipinski definition) is 2. The second-order valence-corrected chi connectivity index (χ2v) is 6.20. The van der Waals surface area contributed by atoms with Crippen LogP contribution in [0.3, 0.4) is 0 Å². The molecule has 2 aromatic rings. The number of hydrogen-bond acceptors (Lipinski definition) is 4. The molecule has 6 nitrogen and oxygen atoms in total. The Morgan fingerprint density at radius 1 is 1.36 bits per heavy atom. The van der Waals surface area contributed by atoms with Crippen LogP contribution < -0.4 is 10.7 Å². The van der Waals surface area contributed by atoms with Crippen LogP contribution in [0.4, 0.5) is 4.39 Å². The quantitative estimate of drug-likeness (QED) is 0.835. The molecule has 0 saturated heterocycles. The number of para-hydroxylation sites is 1. The maximum atomic E-state index is 14.0. The predicted molar refractivity (Wildman–Crippen MR) is 92.3 cm³/mol. The molecular weight excluding hydrogens is 325 g/mol. The average molecular weight is 347 g/mol. The maximum absolute atomic E-state index is 14.0. The van der Waals surface area contributed by atoms with Gasteiger partial charge in [-0.3, -0.25) is 9.59 Å². The highest BCUT2D eigenvalue weighted by atomic mass is 19.1. The molecule has 7 heteroatoms. The van der Waals surface area contributed by atoms with E-state index < -0.39 is 17.2 Å². The largest absolute Gasteiger partial charge is 0.396 e. The van der Waals surface area contributed by atoms with Gasteiger partial charge in [0.2, 0.25) is 5.43 Å². The van der Waals surface area contributed by atoms with Gasteiger partial charge in [-0.25, -0.2) is 9.07 Å². The zero-order chi connectivity index (χ0) is 18.6. The third kappa shape index (κ3) is 4.30. The minimum absolute atomic E-state index is 0.0790. The monoisotopic (exact) mass is 347 g/mol. The summed E-state index contributed by atoms with van der Waals surface area (Å²) in [6, 6.07) is 6.96. The molecule has 1 amide bonds. The fraction of sp³-hybridized carbons (Fsp3) is 0.389. The summed E-state index contributed by atoms with van der Waals surface area (Å²) in [7, 11) is 0. The number of nitrogens with zero attached hydrogens (tertiary/aromatic N) is 2. The van der Waals surface area contributed by atoms with Crippen molar-refractivity contribution in [3.05, 3.63) is 57.8 Å². The van der Waals surface area contributed by atoms with Crippen LogP contribution in [0.25, 0.3) is 5.69 Å². The number of rotatable bonds is 6. The minimum atomic E-state index is -0.637. The van der Waals surface area contributed by atoms with Crippen molar-refractivity contribution < 1.29 is 14.3 Å². The first kappa shape index (κ1) is 18.8. The zero-order valence-corrected chi connectivity index (χ0v) is 14.5. The van der Waals surface area contributed by atoms with Crippen LogP contribution in [0.2, 0.25) is 0 Å². The van der Waals surface area contributed by atoms with Gasteiger partial charge in [-0.2, -0.15) is 5.10 Å². The number of aliphatic hydroxyl groups excluding tert-OH is 1. The SMILES string of the molecule is Cc1cc(=O)c(C(=O)NC(CCO)C(C)C)nn1-c1ccccc1F. The third-order valence-corrected chi connectivity index (χ3v) is 3.96. The lowest BCUT2D eigenvalue weighted by molar-refractivity contribution is 0.0908. The molecule has 25 heavy (non-hydrogen) atoms. The van der Waals surface area contributed by atoms with E-state index in [2.05, 4.69) is 10.4 Å². The summed E-state index contributed by atoms with van der Waals surface area (Å²) in [5.74, 6) is -1.06. The van der Waals surface area contributed by atoms with E-state index in [0.29, 0.717) is 12.1 Å². The number of aryl methyl sites for hydroxylation is 1. The van der Waals surface area contributed by atoms with E-state index in [-0.39, 0.29) is 29.9 Å². The van der Waals surface area contributed by atoms with E-state index in [1.807, 2.05) is 13.8 Å². The number of benzene rings is 1. The highest BCUT2D eigenvalue weighted by molar-refractivity contribution is 5.92. The number of amides is 1. The van der Waals surface area contributed by atoms with Crippen LogP contribution >= 0.6 is 0 Å². The van der Waals surface area contributed by atoms with Crippen LogP contribution in [0.15, 0.2) is 35.1 Å². The molecule has 0 bridgehead atoms. The summed E-state index contributed by atoms with van der Waals surface area (Å²) in [6.45, 7) is 5.34. The smallest absolute Gasteiger partial charge is 0.276 e. The van der Waals surface area contributed by atoms with Gasteiger partial charge in [-0.05, 0) is 31.4 Å². The van der Waals surface area contributed by atoms with Crippen LogP contribution in [-0.2, 0) is 0 Å². The Hall–Kier alpha value is -2.54. The van der Waals surface area contributed by atoms with Crippen LogP contribution in [0, 0.1) is 18.7 Å². The van der Waals surface area contributed by atoms with Gasteiger partial charge in [0, 0.05) is 24.4 Å². The third-order valence-electron chi connectivity index (χ3n) is 3.96. The Kier molecular flexibility index (Phi) is 6.03. The van der Waals surface area contributed by atoms with E-state index in [1.165, 1.54) is 22.9 Å². The molecule has 2 N–H and O–H groups in total. The van der Waals surface area contributed by atoms with Gasteiger partial charge < -0.3 is 10.4 Å². The van der Waals surface area contributed by atoms with Gasteiger partial charge in [0.1, 0.15) is 11.5 Å². The molecule has 2 rings (SSSR count). The standard InChI is InChI=1S/C18H22FN3O3/c1-11(2)14(8-9-23)20-18(25)17-16(24)10-12(3)22(21-17)15-7-5-4-6-13(15)19/h4-7,10-11,14,23H,8-9H2,1-3H3,(H,20,25). The van der Waals surface area contributed by atoms with Gasteiger partial charge in [-0.15, -0.1) is 0 Å². The Balaban J connectivity index is 2.42. The Morgan fingerprint density at radius 2 is 2.04 bits per heavy atom. The van der Waals surface area contributed by atoms with Crippen molar-refractivity contribution in [2.24, 2.45) is 5.92 Å². The van der Waals surface area contributed by atoms with E-state index >= 15 is 0 Å². The number of carbonyl (C=O) groups is 1. The molecule has 0 aliphatic rings. The predicted octanol–water partition coefficient (Wildman–Crippen LogP) is 1.82. The lowest BCUT2D eigenvalue weighted by atomic mass is 10.0. The molecule has 1 atom stereocenters. The normalized spacial score (nSPS) is 12.2. The fourth-order valence-corrected chi connectivity index (χ4v) is 2.52. The van der Waals surface area contributed by atoms with Crippen molar-refractivity contribution in [1.82, 2.24) is 15.1 Å². The van der Waals surface area contributed by atoms with E-state index in [9.17, 15) is 14.0 Å². The molecule has 134 valence electrons. The van der Waals surface area contributed by atoms with Crippen molar-refractivity contribution in [1.29, 1.82) is 0 Å². The van der Waals surface area contributed by atoms with Crippen molar-refractivity contribution in [2.75, 3.05) is 6.61 Å². The zero-order valence-electron chi connectivity index (χ0n) is 14.5. The first-order valence-corrected chi connectivity index (χ1v) is 8.12. The molecule has 0 fully saturated rings. The topological polar surface area (TPSA) is 84.2 Å². The first-order chi connectivity index (χ1) is 11.8. The molecule has 0 spiro atoms. The summed E-state index contributed by atoms with van der Waals surface area (Å²) in [5.41, 5.74) is -0.265. The van der Waals surface area contributed by atoms with Gasteiger partial charge in [0.15, 0.2) is 5.69 Å². The molecule has 0 aliphatic carbocycles. The minimum Gasteiger partial charge on any atom is -0.396 e. The molecule has 0 aliphatic heterocycles. The molecule has 1 unspecified atom stereocenters. The molecule has 0 saturated carbocycles. The van der Waals surface area contributed by atoms with Crippen molar-refractivity contribution in [3.8, 4) is 5.69 Å². The fourth-order valence-electron chi connectivity index (χ4n) is 2.52. The Morgan fingerprint density at radius 3 is 2.64 bits per heavy atom. The number of halogens is 1. The summed E-state index contributed by atoms with van der Waals surface area (Å²) >= 11 is 0. The highest BCUT2D eigenvalue weighted by Gasteiger charge is 2.21. The average Bonchev–Trinajstić information content (AvgIpc) is 2.55. The van der Waals surface area contributed by atoms with Gasteiger partial charge in [-0.1, -0.05) is 26.0 Å². The second-order valence-electron chi connectivity index (χ2n) is 6.20. The van der Waals surface area contributed by atoms with Crippen molar-refractivity contribution >= 4 is 5.91 Å². The number of carbonyl (C=O) groups excluding carboxylic acids is 1. The molecular formula is C18H22FN3O3. The molecule has 1 aromatic heterocycles. The summed E-state index contributed by atoms with van der Waals surface area (Å²) in [4.78, 5) is 24.7. The van der Waals surface area contributed by atoms with Gasteiger partial charge in [0.25, 0.3) is 5.91 Å². The lowest BCUT2D eigenvalue weighted by Crippen LogP contribution is -2.42. The van der Waals surface area contributed by atoms with Crippen LogP contribution in [-0.4, -0.2) is 33.4 Å². The molecule has 1 heterocycles. The summed E-state index contributed by atoms with van der Waals surface area (Å²) in [6.07, 6.45) is 0.372. The Bertz CT molecular complexity index is 817.